The minimum absolute atomic E-state index is 0.129. The number of carbonyl (C=O) groups excluding carboxylic acids is 2. The van der Waals surface area contributed by atoms with Gasteiger partial charge in [-0.25, -0.2) is 0 Å². The Bertz CT molecular complexity index is 1810. The summed E-state index contributed by atoms with van der Waals surface area (Å²) in [4.78, 5) is 26.0. The van der Waals surface area contributed by atoms with E-state index in [-0.39, 0.29) is 18.2 Å². The molecule has 2 aromatic heterocycles. The summed E-state index contributed by atoms with van der Waals surface area (Å²) in [6.07, 6.45) is 5.87. The Morgan fingerprint density at radius 1 is 0.816 bits per heavy atom. The minimum atomic E-state index is -0.161. The van der Waals surface area contributed by atoms with Crippen molar-refractivity contribution in [3.63, 3.8) is 0 Å². The Labute approximate surface area is 219 Å². The zero-order valence-corrected chi connectivity index (χ0v) is 20.5. The van der Waals surface area contributed by atoms with Crippen molar-refractivity contribution in [2.24, 2.45) is 0 Å². The molecule has 0 saturated heterocycles. The number of fused-ring (bicyclic) bond motifs is 2. The van der Waals surface area contributed by atoms with Crippen molar-refractivity contribution in [1.29, 1.82) is 0 Å². The number of anilines is 1. The second kappa shape index (κ2) is 10.0. The number of ketones is 1. The molecule has 4 aromatic carbocycles. The lowest BCUT2D eigenvalue weighted by Gasteiger charge is -2.09. The fourth-order valence-electron chi connectivity index (χ4n) is 4.59. The second-order valence-corrected chi connectivity index (χ2v) is 9.07. The van der Waals surface area contributed by atoms with Crippen LogP contribution in [0.3, 0.4) is 0 Å². The Morgan fingerprint density at radius 2 is 1.63 bits per heavy atom. The van der Waals surface area contributed by atoms with Gasteiger partial charge in [0.25, 0.3) is 0 Å². The van der Waals surface area contributed by atoms with Gasteiger partial charge in [0, 0.05) is 33.9 Å². The van der Waals surface area contributed by atoms with Crippen molar-refractivity contribution in [2.45, 2.75) is 6.54 Å². The number of para-hydroxylation sites is 1. The van der Waals surface area contributed by atoms with E-state index in [4.69, 9.17) is 0 Å². The fraction of sp³-hybridized carbons (Fsp3) is 0.0312. The number of aromatic nitrogens is 3. The standard InChI is InChI=1S/C32H24N4O2/c37-31(21-36-18-17-23-9-4-5-12-30(23)36)33-26-11-6-10-24(19-26)32(38)25-14-15-27-28(34-35-29(27)20-25)16-13-22-7-2-1-3-8-22/h1-20H,21H2,(H,33,37)(H,34,35)/b16-13+. The smallest absolute Gasteiger partial charge is 0.244 e. The lowest BCUT2D eigenvalue weighted by molar-refractivity contribution is -0.116. The lowest BCUT2D eigenvalue weighted by Crippen LogP contribution is -2.18. The molecule has 6 rings (SSSR count). The molecule has 184 valence electrons. The van der Waals surface area contributed by atoms with Gasteiger partial charge in [-0.3, -0.25) is 14.7 Å². The second-order valence-electron chi connectivity index (χ2n) is 9.07. The molecule has 0 unspecified atom stereocenters. The first kappa shape index (κ1) is 23.2. The Hall–Kier alpha value is -5.23. The van der Waals surface area contributed by atoms with Gasteiger partial charge in [0.15, 0.2) is 5.78 Å². The van der Waals surface area contributed by atoms with Crippen molar-refractivity contribution in [3.05, 3.63) is 132 Å². The van der Waals surface area contributed by atoms with Crippen molar-refractivity contribution >= 4 is 51.3 Å². The number of rotatable bonds is 7. The van der Waals surface area contributed by atoms with Gasteiger partial charge >= 0.3 is 0 Å². The van der Waals surface area contributed by atoms with Gasteiger partial charge in [0.2, 0.25) is 5.91 Å². The largest absolute Gasteiger partial charge is 0.338 e. The van der Waals surface area contributed by atoms with E-state index in [2.05, 4.69) is 15.5 Å². The van der Waals surface area contributed by atoms with Crippen LogP contribution in [0.25, 0.3) is 34.0 Å². The quantitative estimate of drug-likeness (QED) is 0.246. The molecule has 2 heterocycles. The number of hydrogen-bond acceptors (Lipinski definition) is 3. The van der Waals surface area contributed by atoms with Gasteiger partial charge in [-0.2, -0.15) is 5.10 Å². The first-order valence-electron chi connectivity index (χ1n) is 12.3. The third kappa shape index (κ3) is 4.75. The Kier molecular flexibility index (Phi) is 6.12. The summed E-state index contributed by atoms with van der Waals surface area (Å²) in [5, 5.41) is 12.4. The van der Waals surface area contributed by atoms with Crippen LogP contribution in [0, 0.1) is 0 Å². The zero-order valence-electron chi connectivity index (χ0n) is 20.5. The van der Waals surface area contributed by atoms with E-state index in [9.17, 15) is 9.59 Å². The van der Waals surface area contributed by atoms with Crippen LogP contribution in [-0.2, 0) is 11.3 Å². The van der Waals surface area contributed by atoms with E-state index in [1.165, 1.54) is 0 Å². The number of carbonyl (C=O) groups is 2. The number of nitrogens with one attached hydrogen (secondary N) is 2. The van der Waals surface area contributed by atoms with Crippen molar-refractivity contribution in [1.82, 2.24) is 14.8 Å². The molecule has 2 N–H and O–H groups in total. The molecule has 6 aromatic rings. The first-order chi connectivity index (χ1) is 18.6. The van der Waals surface area contributed by atoms with E-state index < -0.39 is 0 Å². The van der Waals surface area contributed by atoms with Crippen LogP contribution in [0.5, 0.6) is 0 Å². The number of H-pyrrole nitrogens is 1. The monoisotopic (exact) mass is 496 g/mol. The lowest BCUT2D eigenvalue weighted by atomic mass is 10.0. The van der Waals surface area contributed by atoms with Crippen LogP contribution < -0.4 is 5.32 Å². The molecule has 0 spiro atoms. The van der Waals surface area contributed by atoms with Gasteiger partial charge in [0.1, 0.15) is 6.54 Å². The summed E-state index contributed by atoms with van der Waals surface area (Å²) in [5.41, 5.74) is 5.30. The fourth-order valence-corrected chi connectivity index (χ4v) is 4.59. The van der Waals surface area contributed by atoms with E-state index >= 15 is 0 Å². The normalized spacial score (nSPS) is 11.4. The zero-order chi connectivity index (χ0) is 25.9. The van der Waals surface area contributed by atoms with Crippen molar-refractivity contribution in [3.8, 4) is 0 Å². The van der Waals surface area contributed by atoms with Gasteiger partial charge in [0.05, 0.1) is 11.2 Å². The molecule has 1 amide bonds. The summed E-state index contributed by atoms with van der Waals surface area (Å²) in [6, 6.07) is 32.5. The molecular formula is C32H24N4O2. The molecule has 0 radical (unpaired) electrons. The maximum Gasteiger partial charge on any atom is 0.244 e. The third-order valence-electron chi connectivity index (χ3n) is 6.49. The van der Waals surface area contributed by atoms with Crippen LogP contribution in [-0.4, -0.2) is 26.5 Å². The molecular weight excluding hydrogens is 472 g/mol. The highest BCUT2D eigenvalue weighted by molar-refractivity contribution is 6.11. The number of benzene rings is 4. The summed E-state index contributed by atoms with van der Waals surface area (Å²) >= 11 is 0. The SMILES string of the molecule is O=C(Cn1ccc2ccccc21)Nc1cccc(C(=O)c2ccc3c(/C=C/c4ccccc4)n[nH]c3c2)c1. The molecule has 0 fully saturated rings. The van der Waals surface area contributed by atoms with Crippen molar-refractivity contribution < 1.29 is 9.59 Å². The maximum atomic E-state index is 13.3. The highest BCUT2D eigenvalue weighted by atomic mass is 16.2. The summed E-state index contributed by atoms with van der Waals surface area (Å²) < 4.78 is 1.91. The number of hydrogen-bond donors (Lipinski definition) is 2. The molecule has 38 heavy (non-hydrogen) atoms. The predicted octanol–water partition coefficient (Wildman–Crippen LogP) is 6.56. The van der Waals surface area contributed by atoms with E-state index in [1.807, 2.05) is 102 Å². The third-order valence-corrected chi connectivity index (χ3v) is 6.49. The average Bonchev–Trinajstić information content (AvgIpc) is 3.55. The van der Waals surface area contributed by atoms with Gasteiger partial charge < -0.3 is 9.88 Å². The first-order valence-corrected chi connectivity index (χ1v) is 12.3. The average molecular weight is 497 g/mol. The molecule has 6 heteroatoms. The van der Waals surface area contributed by atoms with Crippen LogP contribution >= 0.6 is 0 Å². The summed E-state index contributed by atoms with van der Waals surface area (Å²) in [6.45, 7) is 0.184. The Balaban J connectivity index is 1.17. The molecule has 0 bridgehead atoms. The van der Waals surface area contributed by atoms with Gasteiger partial charge in [-0.05, 0) is 53.4 Å². The van der Waals surface area contributed by atoms with Crippen LogP contribution in [0.1, 0.15) is 27.2 Å². The minimum Gasteiger partial charge on any atom is -0.338 e. The van der Waals surface area contributed by atoms with E-state index in [1.54, 1.807) is 24.3 Å². The molecule has 0 saturated carbocycles. The van der Waals surface area contributed by atoms with Crippen molar-refractivity contribution in [2.75, 3.05) is 5.32 Å². The number of amides is 1. The van der Waals surface area contributed by atoms with E-state index in [0.29, 0.717) is 16.8 Å². The number of nitrogens with zero attached hydrogens (tertiary/aromatic N) is 2. The molecule has 6 nitrogen and oxygen atoms in total. The van der Waals surface area contributed by atoms with Crippen LogP contribution in [0.2, 0.25) is 0 Å². The molecule has 0 aliphatic carbocycles. The van der Waals surface area contributed by atoms with Gasteiger partial charge in [-0.1, -0.05) is 72.8 Å². The highest BCUT2D eigenvalue weighted by Gasteiger charge is 2.13. The Morgan fingerprint density at radius 3 is 2.53 bits per heavy atom. The van der Waals surface area contributed by atoms with Gasteiger partial charge in [-0.15, -0.1) is 0 Å². The predicted molar refractivity (Wildman–Crippen MR) is 152 cm³/mol. The van der Waals surface area contributed by atoms with Crippen LogP contribution in [0.4, 0.5) is 5.69 Å². The topological polar surface area (TPSA) is 79.8 Å². The molecule has 0 aliphatic rings. The maximum absolute atomic E-state index is 13.3. The summed E-state index contributed by atoms with van der Waals surface area (Å²) in [5.74, 6) is -0.290. The number of aromatic amines is 1. The van der Waals surface area contributed by atoms with Crippen LogP contribution in [0.15, 0.2) is 109 Å². The highest BCUT2D eigenvalue weighted by Crippen LogP contribution is 2.22. The van der Waals surface area contributed by atoms with E-state index in [0.717, 1.165) is 33.1 Å². The molecule has 0 aliphatic heterocycles. The summed E-state index contributed by atoms with van der Waals surface area (Å²) in [7, 11) is 0. The molecule has 0 atom stereocenters.